The molecule has 0 spiro atoms. The van der Waals surface area contributed by atoms with Crippen molar-refractivity contribution in [2.45, 2.75) is 32.0 Å². The van der Waals surface area contributed by atoms with E-state index in [1.165, 1.54) is 0 Å². The highest BCUT2D eigenvalue weighted by molar-refractivity contribution is 9.10. The molecule has 1 saturated heterocycles. The lowest BCUT2D eigenvalue weighted by Gasteiger charge is -2.13. The summed E-state index contributed by atoms with van der Waals surface area (Å²) in [5.74, 6) is -1.14. The maximum atomic E-state index is 12.0. The first kappa shape index (κ1) is 15.0. The molecule has 1 heterocycles. The molecule has 1 aromatic carbocycles. The lowest BCUT2D eigenvalue weighted by Crippen LogP contribution is -2.33. The summed E-state index contributed by atoms with van der Waals surface area (Å²) in [5, 5.41) is 11.6. The second kappa shape index (κ2) is 6.37. The second-order valence-corrected chi connectivity index (χ2v) is 5.71. The number of nitrogens with one attached hydrogen (secondary N) is 1. The van der Waals surface area contributed by atoms with Crippen LogP contribution in [-0.4, -0.2) is 35.7 Å². The van der Waals surface area contributed by atoms with E-state index in [1.807, 2.05) is 19.1 Å². The van der Waals surface area contributed by atoms with Crippen LogP contribution in [0.5, 0.6) is 0 Å². The molecule has 2 unspecified atom stereocenters. The number of aryl methyl sites for hydroxylation is 1. The predicted octanol–water partition coefficient (Wildman–Crippen LogP) is 2.12. The Balaban J connectivity index is 1.88. The summed E-state index contributed by atoms with van der Waals surface area (Å²) in [4.78, 5) is 22.8. The van der Waals surface area contributed by atoms with E-state index in [4.69, 9.17) is 9.84 Å². The summed E-state index contributed by atoms with van der Waals surface area (Å²) in [7, 11) is 0. The number of carbonyl (C=O) groups is 2. The topological polar surface area (TPSA) is 75.6 Å². The molecule has 2 N–H and O–H groups in total. The minimum absolute atomic E-state index is 0.195. The summed E-state index contributed by atoms with van der Waals surface area (Å²) >= 11 is 3.36. The molecular formula is C14H16BrNO4. The number of benzene rings is 1. The lowest BCUT2D eigenvalue weighted by molar-refractivity contribution is -0.149. The van der Waals surface area contributed by atoms with Gasteiger partial charge in [-0.15, -0.1) is 0 Å². The second-order valence-electron chi connectivity index (χ2n) is 4.86. The van der Waals surface area contributed by atoms with E-state index in [2.05, 4.69) is 21.2 Å². The van der Waals surface area contributed by atoms with Gasteiger partial charge in [-0.05, 0) is 53.4 Å². The maximum Gasteiger partial charge on any atom is 0.332 e. The quantitative estimate of drug-likeness (QED) is 0.879. The molecule has 6 heteroatoms. The van der Waals surface area contributed by atoms with Crippen molar-refractivity contribution in [1.82, 2.24) is 5.32 Å². The van der Waals surface area contributed by atoms with E-state index in [-0.39, 0.29) is 12.0 Å². The van der Waals surface area contributed by atoms with E-state index >= 15 is 0 Å². The van der Waals surface area contributed by atoms with Gasteiger partial charge in [0.15, 0.2) is 6.10 Å². The number of rotatable bonds is 4. The molecule has 0 bridgehead atoms. The van der Waals surface area contributed by atoms with Crippen molar-refractivity contribution in [3.63, 3.8) is 0 Å². The van der Waals surface area contributed by atoms with Crippen LogP contribution in [0.25, 0.3) is 0 Å². The molecule has 1 aliphatic heterocycles. The maximum absolute atomic E-state index is 12.0. The van der Waals surface area contributed by atoms with Gasteiger partial charge in [0.2, 0.25) is 0 Å². The zero-order chi connectivity index (χ0) is 14.7. The van der Waals surface area contributed by atoms with Crippen molar-refractivity contribution in [2.75, 3.05) is 6.54 Å². The fraction of sp³-hybridized carbons (Fsp3) is 0.429. The first-order valence-corrected chi connectivity index (χ1v) is 7.19. The SMILES string of the molecule is Cc1ccc(C(=O)NCC2CCC(C(=O)O)O2)c(Br)c1. The van der Waals surface area contributed by atoms with Crippen LogP contribution in [0.2, 0.25) is 0 Å². The molecule has 0 aliphatic carbocycles. The molecule has 5 nitrogen and oxygen atoms in total. The smallest absolute Gasteiger partial charge is 0.332 e. The third-order valence-corrected chi connectivity index (χ3v) is 3.90. The Labute approximate surface area is 125 Å². The summed E-state index contributed by atoms with van der Waals surface area (Å²) in [6, 6.07) is 5.50. The van der Waals surface area contributed by atoms with Crippen LogP contribution in [0.15, 0.2) is 22.7 Å². The van der Waals surface area contributed by atoms with Gasteiger partial charge in [0, 0.05) is 11.0 Å². The highest BCUT2D eigenvalue weighted by Gasteiger charge is 2.30. The molecule has 1 fully saturated rings. The molecule has 1 aliphatic rings. The summed E-state index contributed by atoms with van der Waals surface area (Å²) < 4.78 is 6.07. The first-order chi connectivity index (χ1) is 9.47. The van der Waals surface area contributed by atoms with Gasteiger partial charge >= 0.3 is 5.97 Å². The molecular weight excluding hydrogens is 326 g/mol. The Morgan fingerprint density at radius 2 is 2.20 bits per heavy atom. The Bertz CT molecular complexity index is 532. The van der Waals surface area contributed by atoms with Crippen LogP contribution in [0.3, 0.4) is 0 Å². The first-order valence-electron chi connectivity index (χ1n) is 6.40. The number of carboxylic acid groups (broad SMARTS) is 1. The fourth-order valence-electron chi connectivity index (χ4n) is 2.14. The molecule has 1 amide bonds. The Kier molecular flexibility index (Phi) is 4.77. The Morgan fingerprint density at radius 3 is 2.80 bits per heavy atom. The minimum atomic E-state index is -0.944. The van der Waals surface area contributed by atoms with Crippen LogP contribution in [0, 0.1) is 6.92 Å². The summed E-state index contributed by atoms with van der Waals surface area (Å²) in [5.41, 5.74) is 1.63. The number of carbonyl (C=O) groups excluding carboxylic acids is 1. The van der Waals surface area contributed by atoms with E-state index in [9.17, 15) is 9.59 Å². The van der Waals surface area contributed by atoms with Crippen molar-refractivity contribution in [3.05, 3.63) is 33.8 Å². The van der Waals surface area contributed by atoms with Gasteiger partial charge in [0.1, 0.15) is 0 Å². The number of hydrogen-bond donors (Lipinski definition) is 2. The van der Waals surface area contributed by atoms with Crippen LogP contribution >= 0.6 is 15.9 Å². The van der Waals surface area contributed by atoms with E-state index in [1.54, 1.807) is 6.07 Å². The predicted molar refractivity (Wildman–Crippen MR) is 76.7 cm³/mol. The number of amides is 1. The molecule has 1 aromatic rings. The number of carboxylic acids is 1. The Morgan fingerprint density at radius 1 is 1.45 bits per heavy atom. The number of aliphatic carboxylic acids is 1. The van der Waals surface area contributed by atoms with Crippen molar-refractivity contribution in [2.24, 2.45) is 0 Å². The van der Waals surface area contributed by atoms with Gasteiger partial charge in [0.05, 0.1) is 11.7 Å². The zero-order valence-corrected chi connectivity index (χ0v) is 12.6. The van der Waals surface area contributed by atoms with Gasteiger partial charge < -0.3 is 15.2 Å². The number of hydrogen-bond acceptors (Lipinski definition) is 3. The Hall–Kier alpha value is -1.40. The molecule has 108 valence electrons. The highest BCUT2D eigenvalue weighted by atomic mass is 79.9. The van der Waals surface area contributed by atoms with E-state index < -0.39 is 12.1 Å². The number of halogens is 1. The molecule has 0 saturated carbocycles. The highest BCUT2D eigenvalue weighted by Crippen LogP contribution is 2.20. The third kappa shape index (κ3) is 3.58. The van der Waals surface area contributed by atoms with Crippen molar-refractivity contribution in [1.29, 1.82) is 0 Å². The monoisotopic (exact) mass is 341 g/mol. The van der Waals surface area contributed by atoms with E-state index in [0.29, 0.717) is 24.9 Å². The summed E-state index contributed by atoms with van der Waals surface area (Å²) in [6.45, 7) is 2.27. The van der Waals surface area contributed by atoms with Crippen LogP contribution in [-0.2, 0) is 9.53 Å². The molecule has 0 radical (unpaired) electrons. The molecule has 2 atom stereocenters. The average Bonchev–Trinajstić information content (AvgIpc) is 2.85. The van der Waals surface area contributed by atoms with E-state index in [0.717, 1.165) is 10.0 Å². The molecule has 0 aromatic heterocycles. The largest absolute Gasteiger partial charge is 0.479 e. The van der Waals surface area contributed by atoms with Crippen molar-refractivity contribution in [3.8, 4) is 0 Å². The van der Waals surface area contributed by atoms with Gasteiger partial charge in [-0.25, -0.2) is 4.79 Å². The van der Waals surface area contributed by atoms with Crippen LogP contribution in [0.1, 0.15) is 28.8 Å². The normalized spacial score (nSPS) is 21.7. The molecule has 2 rings (SSSR count). The van der Waals surface area contributed by atoms with Crippen LogP contribution < -0.4 is 5.32 Å². The van der Waals surface area contributed by atoms with Gasteiger partial charge in [-0.3, -0.25) is 4.79 Å². The van der Waals surface area contributed by atoms with Gasteiger partial charge in [-0.1, -0.05) is 6.07 Å². The fourth-order valence-corrected chi connectivity index (χ4v) is 2.82. The lowest BCUT2D eigenvalue weighted by atomic mass is 10.1. The standard InChI is InChI=1S/C14H16BrNO4/c1-8-2-4-10(11(15)6-8)13(17)16-7-9-3-5-12(20-9)14(18)19/h2,4,6,9,12H,3,5,7H2,1H3,(H,16,17)(H,18,19). The minimum Gasteiger partial charge on any atom is -0.479 e. The van der Waals surface area contributed by atoms with Crippen LogP contribution in [0.4, 0.5) is 0 Å². The summed E-state index contributed by atoms with van der Waals surface area (Å²) in [6.07, 6.45) is 0.156. The molecule has 20 heavy (non-hydrogen) atoms. The van der Waals surface area contributed by atoms with Crippen molar-refractivity contribution >= 4 is 27.8 Å². The van der Waals surface area contributed by atoms with Gasteiger partial charge in [0.25, 0.3) is 5.91 Å². The zero-order valence-electron chi connectivity index (χ0n) is 11.1. The number of ether oxygens (including phenoxy) is 1. The third-order valence-electron chi connectivity index (χ3n) is 3.24. The van der Waals surface area contributed by atoms with Crippen molar-refractivity contribution < 1.29 is 19.4 Å². The van der Waals surface area contributed by atoms with Gasteiger partial charge in [-0.2, -0.15) is 0 Å². The average molecular weight is 342 g/mol.